The Morgan fingerprint density at radius 3 is 2.70 bits per heavy atom. The van der Waals surface area contributed by atoms with Gasteiger partial charge in [0.05, 0.1) is 12.1 Å². The summed E-state index contributed by atoms with van der Waals surface area (Å²) in [5, 5.41) is 4.10. The predicted octanol–water partition coefficient (Wildman–Crippen LogP) is 2.26. The van der Waals surface area contributed by atoms with Crippen LogP contribution in [-0.4, -0.2) is 53.4 Å². The molecule has 0 spiro atoms. The molecule has 1 fully saturated rings. The second-order valence-corrected chi connectivity index (χ2v) is 6.72. The van der Waals surface area contributed by atoms with Gasteiger partial charge in [-0.15, -0.1) is 24.1 Å². The maximum Gasteiger partial charge on any atom is 2.00 e. The SMILES string of the molecule is [B]N1CCN(c2[c-]c3c(Nc4ccc(S)cc4)ncnc3cn2)C([CH2-])C1.[V+2]. The van der Waals surface area contributed by atoms with Gasteiger partial charge in [-0.25, -0.2) is 0 Å². The Kier molecular flexibility index (Phi) is 6.32. The quantitative estimate of drug-likeness (QED) is 0.392. The van der Waals surface area contributed by atoms with Crippen LogP contribution in [0, 0.1) is 13.0 Å². The van der Waals surface area contributed by atoms with E-state index in [1.54, 1.807) is 11.0 Å². The number of hydrogen-bond acceptors (Lipinski definition) is 7. The van der Waals surface area contributed by atoms with E-state index in [9.17, 15) is 0 Å². The molecule has 0 saturated carbocycles. The van der Waals surface area contributed by atoms with Gasteiger partial charge in [-0.05, 0) is 42.5 Å². The summed E-state index contributed by atoms with van der Waals surface area (Å²) in [6.07, 6.45) is 3.26. The summed E-state index contributed by atoms with van der Waals surface area (Å²) in [5.74, 6) is 1.41. The number of rotatable bonds is 3. The number of hydrogen-bond donors (Lipinski definition) is 2. The predicted molar refractivity (Wildman–Crippen MR) is 107 cm³/mol. The zero-order valence-corrected chi connectivity index (χ0v) is 16.9. The minimum Gasteiger partial charge on any atom is -0.393 e. The van der Waals surface area contributed by atoms with Crippen LogP contribution in [0.3, 0.4) is 0 Å². The number of anilines is 3. The summed E-state index contributed by atoms with van der Waals surface area (Å²) in [5.41, 5.74) is 1.65. The molecule has 1 aliphatic heterocycles. The second kappa shape index (κ2) is 8.52. The molecule has 0 amide bonds. The van der Waals surface area contributed by atoms with Crippen LogP contribution in [0.15, 0.2) is 41.7 Å². The van der Waals surface area contributed by atoms with Gasteiger partial charge in [-0.2, -0.15) is 0 Å². The van der Waals surface area contributed by atoms with Crippen molar-refractivity contribution in [1.29, 1.82) is 0 Å². The Bertz CT molecular complexity index is 925. The van der Waals surface area contributed by atoms with Crippen LogP contribution in [0.2, 0.25) is 0 Å². The number of fused-ring (bicyclic) bond motifs is 1. The van der Waals surface area contributed by atoms with E-state index in [0.717, 1.165) is 40.4 Å². The normalized spacial score (nSPS) is 17.6. The third-order valence-electron chi connectivity index (χ3n) is 4.34. The van der Waals surface area contributed by atoms with Crippen LogP contribution >= 0.6 is 12.6 Å². The van der Waals surface area contributed by atoms with Gasteiger partial charge in [0.15, 0.2) is 7.98 Å². The number of benzene rings is 1. The van der Waals surface area contributed by atoms with E-state index in [1.807, 2.05) is 24.3 Å². The Morgan fingerprint density at radius 1 is 1.19 bits per heavy atom. The first-order valence-electron chi connectivity index (χ1n) is 8.28. The van der Waals surface area contributed by atoms with Crippen molar-refractivity contribution in [1.82, 2.24) is 19.8 Å². The van der Waals surface area contributed by atoms with Crippen LogP contribution in [-0.2, 0) is 18.6 Å². The van der Waals surface area contributed by atoms with Crippen LogP contribution in [0.5, 0.6) is 0 Å². The van der Waals surface area contributed by atoms with Crippen molar-refractivity contribution in [3.05, 3.63) is 49.8 Å². The molecule has 1 atom stereocenters. The molecular weight excluding hydrogens is 394 g/mol. The van der Waals surface area contributed by atoms with Gasteiger partial charge in [0.1, 0.15) is 0 Å². The van der Waals surface area contributed by atoms with Crippen LogP contribution in [0.1, 0.15) is 0 Å². The molecule has 9 heteroatoms. The fourth-order valence-electron chi connectivity index (χ4n) is 2.97. The van der Waals surface area contributed by atoms with Gasteiger partial charge >= 0.3 is 18.6 Å². The summed E-state index contributed by atoms with van der Waals surface area (Å²) in [4.78, 5) is 18.0. The van der Waals surface area contributed by atoms with Gasteiger partial charge < -0.3 is 26.9 Å². The summed E-state index contributed by atoms with van der Waals surface area (Å²) in [6, 6.07) is 11.1. The monoisotopic (exact) mass is 411 g/mol. The fraction of sp³-hybridized carbons (Fsp3) is 0.222. The molecule has 1 unspecified atom stereocenters. The zero-order valence-electron chi connectivity index (χ0n) is 14.6. The Morgan fingerprint density at radius 2 is 1.96 bits per heavy atom. The second-order valence-electron chi connectivity index (χ2n) is 6.20. The van der Waals surface area contributed by atoms with E-state index in [4.69, 9.17) is 7.98 Å². The molecule has 1 saturated heterocycles. The van der Waals surface area contributed by atoms with Crippen LogP contribution < -0.4 is 10.2 Å². The van der Waals surface area contributed by atoms with E-state index < -0.39 is 0 Å². The molecule has 3 aromatic rings. The van der Waals surface area contributed by atoms with Crippen molar-refractivity contribution < 1.29 is 18.6 Å². The minimum absolute atomic E-state index is 0. The van der Waals surface area contributed by atoms with Crippen LogP contribution in [0.4, 0.5) is 17.3 Å². The smallest absolute Gasteiger partial charge is 0.393 e. The van der Waals surface area contributed by atoms with Crippen molar-refractivity contribution in [3.8, 4) is 0 Å². The van der Waals surface area contributed by atoms with E-state index in [-0.39, 0.29) is 24.6 Å². The third-order valence-corrected chi connectivity index (χ3v) is 4.64. The van der Waals surface area contributed by atoms with Gasteiger partial charge in [-0.3, -0.25) is 9.97 Å². The van der Waals surface area contributed by atoms with Crippen molar-refractivity contribution in [2.75, 3.05) is 29.9 Å². The average Bonchev–Trinajstić information content (AvgIpc) is 2.64. The minimum atomic E-state index is 0. The number of nitrogens with one attached hydrogen (secondary N) is 1. The summed E-state index contributed by atoms with van der Waals surface area (Å²) < 4.78 is 0. The Hall–Kier alpha value is -1.73. The van der Waals surface area contributed by atoms with Crippen molar-refractivity contribution in [2.45, 2.75) is 10.9 Å². The third kappa shape index (κ3) is 4.41. The molecule has 1 aliphatic rings. The molecule has 3 heterocycles. The summed E-state index contributed by atoms with van der Waals surface area (Å²) in [7, 11) is 5.88. The van der Waals surface area contributed by atoms with Crippen molar-refractivity contribution >= 4 is 48.8 Å². The molecular formula is C18H17BN6SV. The molecule has 133 valence electrons. The molecule has 0 bridgehead atoms. The first-order chi connectivity index (χ1) is 12.6. The summed E-state index contributed by atoms with van der Waals surface area (Å²) >= 11 is 4.31. The van der Waals surface area contributed by atoms with Crippen molar-refractivity contribution in [2.24, 2.45) is 0 Å². The molecule has 1 N–H and O–H groups in total. The van der Waals surface area contributed by atoms with E-state index in [2.05, 4.69) is 50.8 Å². The Labute approximate surface area is 177 Å². The molecule has 1 aromatic carbocycles. The molecule has 2 aromatic heterocycles. The van der Waals surface area contributed by atoms with Gasteiger partial charge in [0.2, 0.25) is 0 Å². The molecule has 3 radical (unpaired) electrons. The maximum atomic E-state index is 5.88. The standard InChI is InChI=1S/C18H17BN6S.V/c1-12-10-24(19)6-7-25(12)17-8-15-16(9-20-17)21-11-22-18(15)23-13-2-4-14(26)5-3-13;/h2-5,9,11-12,26H,1,6-7,10H2,(H,21,22,23);/q-2;+2. The van der Waals surface area contributed by atoms with Gasteiger partial charge in [0, 0.05) is 29.5 Å². The van der Waals surface area contributed by atoms with Gasteiger partial charge in [-0.1, -0.05) is 6.04 Å². The fourth-order valence-corrected chi connectivity index (χ4v) is 3.12. The number of nitrogens with zero attached hydrogens (tertiary/aromatic N) is 5. The zero-order chi connectivity index (χ0) is 18.1. The Balaban J connectivity index is 0.00000210. The molecule has 27 heavy (non-hydrogen) atoms. The molecule has 0 aliphatic carbocycles. The van der Waals surface area contributed by atoms with Crippen molar-refractivity contribution in [3.63, 3.8) is 0 Å². The van der Waals surface area contributed by atoms with Crippen LogP contribution in [0.25, 0.3) is 10.9 Å². The number of thiol groups is 1. The summed E-state index contributed by atoms with van der Waals surface area (Å²) in [6.45, 7) is 6.36. The topological polar surface area (TPSA) is 57.2 Å². The largest absolute Gasteiger partial charge is 2.00 e. The number of pyridine rings is 1. The number of aromatic nitrogens is 3. The molecule has 4 rings (SSSR count). The van der Waals surface area contributed by atoms with Gasteiger partial charge in [0.25, 0.3) is 0 Å². The van der Waals surface area contributed by atoms with E-state index in [1.165, 1.54) is 6.33 Å². The average molecular weight is 411 g/mol. The first-order valence-corrected chi connectivity index (χ1v) is 8.73. The van der Waals surface area contributed by atoms with E-state index in [0.29, 0.717) is 12.4 Å². The number of piperazine rings is 1. The van der Waals surface area contributed by atoms with E-state index >= 15 is 0 Å². The molecule has 6 nitrogen and oxygen atoms in total. The maximum absolute atomic E-state index is 5.88. The first kappa shape index (κ1) is 20.0.